The average molecular weight is 684 g/mol. The van der Waals surface area contributed by atoms with E-state index in [9.17, 15) is 18.8 Å². The summed E-state index contributed by atoms with van der Waals surface area (Å²) >= 11 is 6.09. The monoisotopic (exact) mass is 683 g/mol. The number of nitrogens with zero attached hydrogens (tertiary/aromatic N) is 3. The number of benzene rings is 2. The minimum absolute atomic E-state index is 0.0510. The number of hydrogen-bond acceptors (Lipinski definition) is 5. The maximum absolute atomic E-state index is 14.7. The highest BCUT2D eigenvalue weighted by Crippen LogP contribution is 2.35. The van der Waals surface area contributed by atoms with Gasteiger partial charge in [0.25, 0.3) is 11.5 Å². The van der Waals surface area contributed by atoms with E-state index in [0.29, 0.717) is 29.6 Å². The van der Waals surface area contributed by atoms with Crippen molar-refractivity contribution in [1.82, 2.24) is 14.8 Å². The second-order valence-electron chi connectivity index (χ2n) is 13.5. The van der Waals surface area contributed by atoms with E-state index < -0.39 is 17.8 Å². The average Bonchev–Trinajstić information content (AvgIpc) is 2.96. The number of carbonyl (C=O) groups is 2. The molecule has 4 N–H and O–H groups in total. The molecule has 0 spiro atoms. The zero-order valence-corrected chi connectivity index (χ0v) is 30.4. The van der Waals surface area contributed by atoms with Gasteiger partial charge in [-0.3, -0.25) is 24.3 Å². The summed E-state index contributed by atoms with van der Waals surface area (Å²) in [7, 11) is 2.04. The molecule has 3 aromatic rings. The van der Waals surface area contributed by atoms with Crippen molar-refractivity contribution in [2.24, 2.45) is 16.6 Å². The number of aryl methyl sites for hydroxylation is 3. The predicted octanol–water partition coefficient (Wildman–Crippen LogP) is 6.93. The van der Waals surface area contributed by atoms with Gasteiger partial charge in [-0.15, -0.1) is 0 Å². The minimum atomic E-state index is -1.07. The van der Waals surface area contributed by atoms with E-state index in [-0.39, 0.29) is 34.6 Å². The van der Waals surface area contributed by atoms with Crippen LogP contribution in [0.3, 0.4) is 0 Å². The molecular weight excluding hydrogens is 633 g/mol. The van der Waals surface area contributed by atoms with Gasteiger partial charge in [-0.1, -0.05) is 25.4 Å². The molecule has 0 aliphatic carbocycles. The smallest absolute Gasteiger partial charge is 0.305 e. The number of carboxylic acid groups (broad SMARTS) is 1. The Labute approximate surface area is 289 Å². The van der Waals surface area contributed by atoms with E-state index in [2.05, 4.69) is 49.8 Å². The van der Waals surface area contributed by atoms with Crippen molar-refractivity contribution in [3.63, 3.8) is 0 Å². The van der Waals surface area contributed by atoms with Crippen LogP contribution in [0.15, 0.2) is 52.4 Å². The summed E-state index contributed by atoms with van der Waals surface area (Å²) in [4.78, 5) is 41.8. The molecule has 1 amide bonds. The SMILES string of the molecule is CC(C)CCNC(=O)c1cccn(CCN(C)C(C)(C)C)c1=O.Cc1cc(-c2c(C)cc(Cl)cc2C)cc([C@H](CC(=O)O)N=CN)c1F. The first kappa shape index (κ1) is 40.2. The summed E-state index contributed by atoms with van der Waals surface area (Å²) in [5.74, 6) is -1.30. The second-order valence-corrected chi connectivity index (χ2v) is 13.9. The van der Waals surface area contributed by atoms with Crippen LogP contribution in [0.5, 0.6) is 0 Å². The van der Waals surface area contributed by atoms with Gasteiger partial charge in [0.15, 0.2) is 0 Å². The van der Waals surface area contributed by atoms with Crippen LogP contribution in [0.25, 0.3) is 11.1 Å². The van der Waals surface area contributed by atoms with Gasteiger partial charge in [-0.05, 0) is 125 Å². The molecule has 0 saturated carbocycles. The van der Waals surface area contributed by atoms with Crippen LogP contribution in [0, 0.1) is 32.5 Å². The molecule has 11 heteroatoms. The Morgan fingerprint density at radius 1 is 1.12 bits per heavy atom. The molecule has 0 bridgehead atoms. The number of halogens is 2. The number of rotatable bonds is 12. The van der Waals surface area contributed by atoms with E-state index in [1.165, 1.54) is 0 Å². The Balaban J connectivity index is 0.000000335. The molecule has 0 fully saturated rings. The van der Waals surface area contributed by atoms with E-state index in [1.54, 1.807) is 42.0 Å². The van der Waals surface area contributed by atoms with Crippen LogP contribution in [-0.4, -0.2) is 58.5 Å². The summed E-state index contributed by atoms with van der Waals surface area (Å²) in [6.07, 6.45) is 3.31. The van der Waals surface area contributed by atoms with Gasteiger partial charge in [-0.25, -0.2) is 4.39 Å². The lowest BCUT2D eigenvalue weighted by Crippen LogP contribution is -2.41. The number of aliphatic imine (C=N–C) groups is 1. The van der Waals surface area contributed by atoms with Crippen LogP contribution in [0.2, 0.25) is 5.02 Å². The number of aromatic nitrogens is 1. The molecule has 1 atom stereocenters. The number of carboxylic acids is 1. The highest BCUT2D eigenvalue weighted by atomic mass is 35.5. The van der Waals surface area contributed by atoms with Gasteiger partial charge < -0.3 is 20.7 Å². The highest BCUT2D eigenvalue weighted by molar-refractivity contribution is 6.30. The number of amides is 1. The Bertz CT molecular complexity index is 1640. The molecule has 9 nitrogen and oxygen atoms in total. The number of nitrogens with two attached hydrogens (primary N) is 1. The van der Waals surface area contributed by atoms with Gasteiger partial charge in [-0.2, -0.15) is 0 Å². The Morgan fingerprint density at radius 2 is 1.75 bits per heavy atom. The third-order valence-corrected chi connectivity index (χ3v) is 8.37. The van der Waals surface area contributed by atoms with Crippen molar-refractivity contribution in [1.29, 1.82) is 0 Å². The van der Waals surface area contributed by atoms with Crippen molar-refractivity contribution < 1.29 is 19.1 Å². The van der Waals surface area contributed by atoms with Crippen molar-refractivity contribution >= 4 is 29.8 Å². The molecule has 48 heavy (non-hydrogen) atoms. The number of carbonyl (C=O) groups excluding carboxylic acids is 1. The minimum Gasteiger partial charge on any atom is -0.481 e. The fraction of sp³-hybridized carbons (Fsp3) is 0.459. The van der Waals surface area contributed by atoms with Crippen molar-refractivity contribution in [3.8, 4) is 11.1 Å². The van der Waals surface area contributed by atoms with Crippen LogP contribution >= 0.6 is 11.6 Å². The Kier molecular flexibility index (Phi) is 15.0. The molecular formula is C37H51ClFN5O4. The molecule has 1 heterocycles. The van der Waals surface area contributed by atoms with Crippen molar-refractivity contribution in [3.05, 3.63) is 91.6 Å². The molecule has 0 saturated heterocycles. The molecule has 0 aliphatic rings. The molecule has 2 aromatic carbocycles. The zero-order valence-electron chi connectivity index (χ0n) is 29.7. The molecule has 0 aliphatic heterocycles. The topological polar surface area (TPSA) is 130 Å². The lowest BCUT2D eigenvalue weighted by molar-refractivity contribution is -0.137. The normalized spacial score (nSPS) is 12.3. The maximum atomic E-state index is 14.7. The van der Waals surface area contributed by atoms with Crippen LogP contribution in [0.4, 0.5) is 4.39 Å². The van der Waals surface area contributed by atoms with E-state index in [4.69, 9.17) is 22.4 Å². The summed E-state index contributed by atoms with van der Waals surface area (Å²) in [5.41, 5.74) is 9.66. The van der Waals surface area contributed by atoms with Crippen molar-refractivity contribution in [2.75, 3.05) is 20.1 Å². The summed E-state index contributed by atoms with van der Waals surface area (Å²) in [6, 6.07) is 9.55. The fourth-order valence-electron chi connectivity index (χ4n) is 5.11. The van der Waals surface area contributed by atoms with Gasteiger partial charge >= 0.3 is 5.97 Å². The summed E-state index contributed by atoms with van der Waals surface area (Å²) in [6.45, 7) is 18.0. The lowest BCUT2D eigenvalue weighted by atomic mass is 9.91. The second kappa shape index (κ2) is 17.9. The van der Waals surface area contributed by atoms with Gasteiger partial charge in [0.2, 0.25) is 0 Å². The van der Waals surface area contributed by atoms with Crippen LogP contribution in [-0.2, 0) is 11.3 Å². The third kappa shape index (κ3) is 11.6. The number of hydrogen-bond donors (Lipinski definition) is 3. The third-order valence-electron chi connectivity index (χ3n) is 8.16. The standard InChI is InChI=1S/C19H20ClFN2O2.C18H31N3O2/c1-10-5-14(20)6-11(2)18(10)13-4-12(3)19(21)15(7-13)16(23-9-22)8-17(24)25;1-14(2)9-10-19-16(22)15-8-7-11-21(17(15)23)13-12-20(6)18(3,4)5/h4-7,9,16H,8H2,1-3H3,(H2,22,23)(H,24,25);7-8,11,14H,9-10,12-13H2,1-6H3,(H,19,22)/t16-;/m0./s1. The fourth-order valence-corrected chi connectivity index (χ4v) is 5.44. The van der Waals surface area contributed by atoms with Crippen LogP contribution < -0.4 is 16.6 Å². The van der Waals surface area contributed by atoms with Gasteiger partial charge in [0.05, 0.1) is 18.8 Å². The van der Waals surface area contributed by atoms with E-state index in [0.717, 1.165) is 41.6 Å². The first-order chi connectivity index (χ1) is 22.4. The Hall–Kier alpha value is -4.02. The molecule has 3 rings (SSSR count). The number of aliphatic carboxylic acids is 1. The number of pyridine rings is 1. The maximum Gasteiger partial charge on any atom is 0.305 e. The number of nitrogens with one attached hydrogen (secondary N) is 1. The predicted molar refractivity (Wildman–Crippen MR) is 194 cm³/mol. The first-order valence-corrected chi connectivity index (χ1v) is 16.5. The molecule has 1 aromatic heterocycles. The zero-order chi connectivity index (χ0) is 36.3. The Morgan fingerprint density at radius 3 is 2.29 bits per heavy atom. The van der Waals surface area contributed by atoms with E-state index >= 15 is 0 Å². The van der Waals surface area contributed by atoms with E-state index in [1.807, 2.05) is 33.0 Å². The highest BCUT2D eigenvalue weighted by Gasteiger charge is 2.22. The quantitative estimate of drug-likeness (QED) is 0.140. The molecule has 262 valence electrons. The summed E-state index contributed by atoms with van der Waals surface area (Å²) in [5, 5.41) is 12.5. The largest absolute Gasteiger partial charge is 0.481 e. The van der Waals surface area contributed by atoms with Gasteiger partial charge in [0, 0.05) is 42.0 Å². The first-order valence-electron chi connectivity index (χ1n) is 16.1. The summed E-state index contributed by atoms with van der Waals surface area (Å²) < 4.78 is 16.3. The van der Waals surface area contributed by atoms with Gasteiger partial charge in [0.1, 0.15) is 11.4 Å². The van der Waals surface area contributed by atoms with Crippen LogP contribution in [0.1, 0.15) is 86.1 Å². The number of likely N-dealkylation sites (N-methyl/N-ethyl adjacent to an activating group) is 1. The molecule has 0 unspecified atom stereocenters. The molecule has 0 radical (unpaired) electrons. The lowest BCUT2D eigenvalue weighted by Gasteiger charge is -2.31. The van der Waals surface area contributed by atoms with Crippen molar-refractivity contribution in [2.45, 2.75) is 86.4 Å².